The Hall–Kier alpha value is -6.11. The van der Waals surface area contributed by atoms with Crippen LogP contribution in [-0.2, 0) is 5.41 Å². The fourth-order valence-corrected chi connectivity index (χ4v) is 8.63. The molecule has 0 spiro atoms. The summed E-state index contributed by atoms with van der Waals surface area (Å²) >= 11 is 3.58. The molecule has 5 nitrogen and oxygen atoms in total. The molecule has 6 aromatic carbocycles. The molecule has 0 aliphatic heterocycles. The van der Waals surface area contributed by atoms with E-state index < -0.39 is 0 Å². The molecule has 0 bridgehead atoms. The van der Waals surface area contributed by atoms with Gasteiger partial charge in [-0.25, -0.2) is 4.98 Å². The van der Waals surface area contributed by atoms with Crippen LogP contribution in [0.3, 0.4) is 0 Å². The number of furan rings is 3. The van der Waals surface area contributed by atoms with Crippen molar-refractivity contribution >= 4 is 59.9 Å². The van der Waals surface area contributed by atoms with E-state index in [1.165, 1.54) is 22.3 Å². The molecule has 52 heavy (non-hydrogen) atoms. The lowest BCUT2D eigenvalue weighted by molar-refractivity contribution is 0.589. The summed E-state index contributed by atoms with van der Waals surface area (Å²) in [5.74, 6) is 2.44. The molecule has 11 rings (SSSR count). The predicted octanol–water partition coefficient (Wildman–Crippen LogP) is 13.3. The van der Waals surface area contributed by atoms with E-state index in [-0.39, 0.29) is 5.41 Å². The van der Waals surface area contributed by atoms with Gasteiger partial charge in [-0.3, -0.25) is 4.57 Å². The summed E-state index contributed by atoms with van der Waals surface area (Å²) in [7, 11) is 0. The second-order valence-electron chi connectivity index (χ2n) is 14.1. The number of benzene rings is 6. The Kier molecular flexibility index (Phi) is 6.09. The number of hydrogen-bond acceptors (Lipinski definition) is 4. The van der Waals surface area contributed by atoms with Crippen molar-refractivity contribution in [1.29, 1.82) is 0 Å². The van der Waals surface area contributed by atoms with Crippen molar-refractivity contribution in [2.45, 2.75) is 19.3 Å². The first-order valence-electron chi connectivity index (χ1n) is 17.4. The molecule has 0 unspecified atom stereocenters. The lowest BCUT2D eigenvalue weighted by Gasteiger charge is -2.21. The number of rotatable bonds is 4. The minimum Gasteiger partial charge on any atom is -0.455 e. The normalized spacial score (nSPS) is 13.4. The van der Waals surface area contributed by atoms with Crippen LogP contribution in [0.25, 0.3) is 94.8 Å². The van der Waals surface area contributed by atoms with Crippen molar-refractivity contribution in [2.75, 3.05) is 0 Å². The largest absolute Gasteiger partial charge is 0.455 e. The first kappa shape index (κ1) is 29.6. The first-order chi connectivity index (χ1) is 25.4. The van der Waals surface area contributed by atoms with Crippen molar-refractivity contribution in [3.05, 3.63) is 155 Å². The summed E-state index contributed by atoms with van der Waals surface area (Å²) in [6.45, 7) is 4.60. The van der Waals surface area contributed by atoms with Crippen LogP contribution in [0.2, 0.25) is 0 Å². The zero-order valence-electron chi connectivity index (χ0n) is 28.3. The number of aromatic nitrogens is 2. The van der Waals surface area contributed by atoms with Gasteiger partial charge in [0.25, 0.3) is 0 Å². The molecule has 4 aromatic heterocycles. The van der Waals surface area contributed by atoms with Gasteiger partial charge in [-0.1, -0.05) is 92.7 Å². The monoisotopic (exact) mass is 736 g/mol. The Labute approximate surface area is 306 Å². The average Bonchev–Trinajstić information content (AvgIpc) is 4.00. The molecule has 4 heterocycles. The molecule has 6 heteroatoms. The minimum atomic E-state index is -0.108. The molecule has 0 N–H and O–H groups in total. The van der Waals surface area contributed by atoms with Crippen LogP contribution in [0.1, 0.15) is 25.0 Å². The van der Waals surface area contributed by atoms with E-state index in [1.54, 1.807) is 0 Å². The molecule has 0 saturated carbocycles. The Morgan fingerprint density at radius 3 is 1.94 bits per heavy atom. The summed E-state index contributed by atoms with van der Waals surface area (Å²) in [5.41, 5.74) is 13.4. The highest BCUT2D eigenvalue weighted by atomic mass is 79.9. The Morgan fingerprint density at radius 1 is 0.538 bits per heavy atom. The van der Waals surface area contributed by atoms with Gasteiger partial charge in [-0.15, -0.1) is 0 Å². The molecule has 10 aromatic rings. The third kappa shape index (κ3) is 4.19. The van der Waals surface area contributed by atoms with Crippen LogP contribution >= 0.6 is 15.9 Å². The number of halogens is 1. The maximum atomic E-state index is 6.72. The molecule has 248 valence electrons. The zero-order valence-corrected chi connectivity index (χ0v) is 29.9. The lowest BCUT2D eigenvalue weighted by Crippen LogP contribution is -2.14. The number of para-hydroxylation sites is 2. The van der Waals surface area contributed by atoms with Gasteiger partial charge in [-0.05, 0) is 92.8 Å². The maximum absolute atomic E-state index is 6.72. The molecule has 0 radical (unpaired) electrons. The SMILES string of the molecule is CC1(C)c2ccccc2-c2ccc(-c3cc4c(o3)c3cc(Br)oc3c3cc(-c5ccc(-n6c(-c7ccccc7)nc7ccccc76)cc5)oc34)cc21. The topological polar surface area (TPSA) is 57.2 Å². The van der Waals surface area contributed by atoms with Crippen LogP contribution in [0.5, 0.6) is 0 Å². The molecular formula is C46H29BrN2O3. The first-order valence-corrected chi connectivity index (χ1v) is 18.2. The van der Waals surface area contributed by atoms with E-state index in [1.807, 2.05) is 30.3 Å². The molecule has 0 fully saturated rings. The second-order valence-corrected chi connectivity index (χ2v) is 14.9. The van der Waals surface area contributed by atoms with Gasteiger partial charge in [0.2, 0.25) is 0 Å². The van der Waals surface area contributed by atoms with Gasteiger partial charge in [0.1, 0.15) is 28.5 Å². The summed E-state index contributed by atoms with van der Waals surface area (Å²) in [6, 6.07) is 48.6. The highest BCUT2D eigenvalue weighted by Crippen LogP contribution is 2.50. The summed E-state index contributed by atoms with van der Waals surface area (Å²) in [5, 5.41) is 2.71. The van der Waals surface area contributed by atoms with Crippen molar-refractivity contribution in [2.24, 2.45) is 0 Å². The standard InChI is InChI=1S/C46H29BrN2O3/c1-46(2)35-13-7-6-12-30(35)31-21-18-28(22-36(31)46)40-24-32-42-33(44-34(43(32)51-40)25-41(47)52-44)23-39(50-42)26-16-19-29(20-17-26)49-38-15-9-8-14-37(38)48-45(49)27-10-4-3-5-11-27/h3-25H,1-2H3. The molecule has 0 amide bonds. The van der Waals surface area contributed by atoms with Gasteiger partial charge in [0, 0.05) is 33.9 Å². The predicted molar refractivity (Wildman–Crippen MR) is 212 cm³/mol. The van der Waals surface area contributed by atoms with Gasteiger partial charge in [0.15, 0.2) is 10.3 Å². The van der Waals surface area contributed by atoms with E-state index in [0.717, 1.165) is 83.7 Å². The van der Waals surface area contributed by atoms with Gasteiger partial charge < -0.3 is 13.3 Å². The Morgan fingerprint density at radius 2 is 1.15 bits per heavy atom. The molecule has 1 aliphatic carbocycles. The second kappa shape index (κ2) is 10.7. The number of hydrogen-bond donors (Lipinski definition) is 0. The van der Waals surface area contributed by atoms with Crippen LogP contribution in [-0.4, -0.2) is 9.55 Å². The molecular weight excluding hydrogens is 708 g/mol. The van der Waals surface area contributed by atoms with E-state index in [4.69, 9.17) is 18.2 Å². The van der Waals surface area contributed by atoms with E-state index >= 15 is 0 Å². The average molecular weight is 738 g/mol. The van der Waals surface area contributed by atoms with E-state index in [0.29, 0.717) is 4.67 Å². The summed E-state index contributed by atoms with van der Waals surface area (Å²) in [4.78, 5) is 5.01. The number of fused-ring (bicyclic) bond motifs is 10. The fourth-order valence-electron chi connectivity index (χ4n) is 8.23. The van der Waals surface area contributed by atoms with Crippen molar-refractivity contribution in [3.8, 4) is 50.8 Å². The quantitative estimate of drug-likeness (QED) is 0.180. The van der Waals surface area contributed by atoms with Crippen molar-refractivity contribution in [1.82, 2.24) is 9.55 Å². The molecule has 0 atom stereocenters. The smallest absolute Gasteiger partial charge is 0.170 e. The summed E-state index contributed by atoms with van der Waals surface area (Å²) in [6.07, 6.45) is 0. The van der Waals surface area contributed by atoms with Crippen LogP contribution in [0.4, 0.5) is 0 Å². The highest BCUT2D eigenvalue weighted by molar-refractivity contribution is 9.10. The number of imidazole rings is 1. The fraction of sp³-hybridized carbons (Fsp3) is 0.0652. The molecule has 1 aliphatic rings. The van der Waals surface area contributed by atoms with Gasteiger partial charge in [-0.2, -0.15) is 0 Å². The van der Waals surface area contributed by atoms with Crippen molar-refractivity contribution in [3.63, 3.8) is 0 Å². The van der Waals surface area contributed by atoms with E-state index in [2.05, 4.69) is 144 Å². The minimum absolute atomic E-state index is 0.108. The Balaban J connectivity index is 1.03. The number of nitrogens with zero attached hydrogens (tertiary/aromatic N) is 2. The lowest BCUT2D eigenvalue weighted by atomic mass is 9.82. The van der Waals surface area contributed by atoms with Gasteiger partial charge in [0.05, 0.1) is 27.2 Å². The van der Waals surface area contributed by atoms with Crippen molar-refractivity contribution < 1.29 is 13.3 Å². The van der Waals surface area contributed by atoms with E-state index in [9.17, 15) is 0 Å². The molecule has 0 saturated heterocycles. The van der Waals surface area contributed by atoms with Crippen LogP contribution in [0.15, 0.2) is 157 Å². The van der Waals surface area contributed by atoms with Crippen LogP contribution < -0.4 is 0 Å². The van der Waals surface area contributed by atoms with Crippen LogP contribution in [0, 0.1) is 0 Å². The summed E-state index contributed by atoms with van der Waals surface area (Å²) < 4.78 is 22.5. The third-order valence-corrected chi connectivity index (χ3v) is 11.2. The zero-order chi connectivity index (χ0) is 34.7. The van der Waals surface area contributed by atoms with Gasteiger partial charge >= 0.3 is 0 Å². The maximum Gasteiger partial charge on any atom is 0.170 e. The highest BCUT2D eigenvalue weighted by Gasteiger charge is 2.35. The Bertz CT molecular complexity index is 3050. The third-order valence-electron chi connectivity index (χ3n) is 10.8.